The number of aryl methyl sites for hydroxylation is 2. The molecule has 0 spiro atoms. The van der Waals surface area contributed by atoms with Crippen molar-refractivity contribution in [2.24, 2.45) is 4.99 Å². The van der Waals surface area contributed by atoms with Crippen molar-refractivity contribution in [1.82, 2.24) is 5.32 Å². The molecule has 1 aliphatic rings. The van der Waals surface area contributed by atoms with Gasteiger partial charge in [0.25, 0.3) is 0 Å². The SMILES string of the molecule is Cc1cc(Oc2ccc(C3=NCCCN3)cc2)cc(C)c1Cl. The van der Waals surface area contributed by atoms with Crippen molar-refractivity contribution >= 4 is 17.4 Å². The molecular weight excluding hydrogens is 296 g/mol. The lowest BCUT2D eigenvalue weighted by Gasteiger charge is -2.15. The zero-order valence-corrected chi connectivity index (χ0v) is 13.6. The monoisotopic (exact) mass is 314 g/mol. The van der Waals surface area contributed by atoms with Crippen molar-refractivity contribution in [2.45, 2.75) is 20.3 Å². The summed E-state index contributed by atoms with van der Waals surface area (Å²) in [5.41, 5.74) is 3.14. The highest BCUT2D eigenvalue weighted by molar-refractivity contribution is 6.32. The van der Waals surface area contributed by atoms with E-state index in [2.05, 4.69) is 10.3 Å². The largest absolute Gasteiger partial charge is 0.457 e. The van der Waals surface area contributed by atoms with Gasteiger partial charge in [0.2, 0.25) is 0 Å². The number of aliphatic imine (C=N–C) groups is 1. The van der Waals surface area contributed by atoms with Crippen LogP contribution in [0.2, 0.25) is 5.02 Å². The van der Waals surface area contributed by atoms with Gasteiger partial charge in [-0.3, -0.25) is 4.99 Å². The number of hydrogen-bond donors (Lipinski definition) is 1. The topological polar surface area (TPSA) is 33.6 Å². The van der Waals surface area contributed by atoms with Gasteiger partial charge in [-0.05, 0) is 67.8 Å². The van der Waals surface area contributed by atoms with Gasteiger partial charge in [0, 0.05) is 23.7 Å². The molecule has 22 heavy (non-hydrogen) atoms. The smallest absolute Gasteiger partial charge is 0.128 e. The van der Waals surface area contributed by atoms with Crippen LogP contribution < -0.4 is 10.1 Å². The first kappa shape index (κ1) is 14.9. The van der Waals surface area contributed by atoms with Gasteiger partial charge in [-0.2, -0.15) is 0 Å². The molecule has 0 amide bonds. The van der Waals surface area contributed by atoms with Crippen molar-refractivity contribution in [3.63, 3.8) is 0 Å². The molecule has 1 aliphatic heterocycles. The fraction of sp³-hybridized carbons (Fsp3) is 0.278. The highest BCUT2D eigenvalue weighted by Gasteiger charge is 2.08. The van der Waals surface area contributed by atoms with Crippen LogP contribution in [0.5, 0.6) is 11.5 Å². The molecule has 1 N–H and O–H groups in total. The highest BCUT2D eigenvalue weighted by atomic mass is 35.5. The number of halogens is 1. The first-order valence-electron chi connectivity index (χ1n) is 7.47. The predicted molar refractivity (Wildman–Crippen MR) is 91.5 cm³/mol. The summed E-state index contributed by atoms with van der Waals surface area (Å²) < 4.78 is 5.92. The molecule has 2 aromatic carbocycles. The summed E-state index contributed by atoms with van der Waals surface area (Å²) in [4.78, 5) is 4.50. The zero-order valence-electron chi connectivity index (χ0n) is 12.8. The standard InChI is InChI=1S/C18H19ClN2O/c1-12-10-16(11-13(2)17(12)19)22-15-6-4-14(5-7-15)18-20-8-3-9-21-18/h4-7,10-11H,3,8-9H2,1-2H3,(H,20,21). The third-order valence-corrected chi connectivity index (χ3v) is 4.27. The number of nitrogens with one attached hydrogen (secondary N) is 1. The molecule has 0 atom stereocenters. The number of nitrogens with zero attached hydrogens (tertiary/aromatic N) is 1. The molecule has 4 heteroatoms. The molecule has 0 aliphatic carbocycles. The van der Waals surface area contributed by atoms with Gasteiger partial charge in [-0.25, -0.2) is 0 Å². The summed E-state index contributed by atoms with van der Waals surface area (Å²) in [5.74, 6) is 2.58. The molecule has 3 nitrogen and oxygen atoms in total. The number of rotatable bonds is 3. The van der Waals surface area contributed by atoms with Crippen LogP contribution in [0.3, 0.4) is 0 Å². The fourth-order valence-electron chi connectivity index (χ4n) is 2.51. The minimum Gasteiger partial charge on any atom is -0.457 e. The van der Waals surface area contributed by atoms with Crippen LogP contribution in [0, 0.1) is 13.8 Å². The summed E-state index contributed by atoms with van der Waals surface area (Å²) in [6.07, 6.45) is 1.10. The Hall–Kier alpha value is -2.00. The van der Waals surface area contributed by atoms with E-state index >= 15 is 0 Å². The second kappa shape index (κ2) is 6.41. The summed E-state index contributed by atoms with van der Waals surface area (Å²) in [7, 11) is 0. The van der Waals surface area contributed by atoms with Gasteiger partial charge in [-0.1, -0.05) is 11.6 Å². The summed E-state index contributed by atoms with van der Waals surface area (Å²) in [6, 6.07) is 11.9. The summed E-state index contributed by atoms with van der Waals surface area (Å²) in [5, 5.41) is 4.12. The number of amidine groups is 1. The Kier molecular flexibility index (Phi) is 4.34. The van der Waals surface area contributed by atoms with Gasteiger partial charge in [0.1, 0.15) is 17.3 Å². The maximum atomic E-state index is 6.18. The Morgan fingerprint density at radius 1 is 1.05 bits per heavy atom. The summed E-state index contributed by atoms with van der Waals surface area (Å²) >= 11 is 6.18. The average molecular weight is 315 g/mol. The van der Waals surface area contributed by atoms with E-state index in [0.29, 0.717) is 0 Å². The molecular formula is C18H19ClN2O. The molecule has 3 rings (SSSR count). The van der Waals surface area contributed by atoms with Crippen molar-refractivity contribution < 1.29 is 4.74 Å². The van der Waals surface area contributed by atoms with Crippen molar-refractivity contribution in [2.75, 3.05) is 13.1 Å². The molecule has 1 heterocycles. The van der Waals surface area contributed by atoms with Crippen LogP contribution in [0.1, 0.15) is 23.1 Å². The van der Waals surface area contributed by atoms with Crippen molar-refractivity contribution in [3.8, 4) is 11.5 Å². The Bertz CT molecular complexity index is 685. The predicted octanol–water partition coefficient (Wildman–Crippen LogP) is 4.49. The maximum Gasteiger partial charge on any atom is 0.128 e. The zero-order chi connectivity index (χ0) is 15.5. The van der Waals surface area contributed by atoms with Crippen molar-refractivity contribution in [3.05, 3.63) is 58.1 Å². The van der Waals surface area contributed by atoms with Crippen LogP contribution in [-0.2, 0) is 0 Å². The Morgan fingerprint density at radius 2 is 1.73 bits per heavy atom. The van der Waals surface area contributed by atoms with E-state index in [9.17, 15) is 0 Å². The molecule has 0 aromatic heterocycles. The second-order valence-corrected chi connectivity index (χ2v) is 5.89. The number of hydrogen-bond acceptors (Lipinski definition) is 3. The minimum absolute atomic E-state index is 0.795. The average Bonchev–Trinajstić information content (AvgIpc) is 2.54. The van der Waals surface area contributed by atoms with E-state index in [1.807, 2.05) is 50.2 Å². The third-order valence-electron chi connectivity index (χ3n) is 3.67. The Balaban J connectivity index is 1.77. The van der Waals surface area contributed by atoms with Gasteiger partial charge in [-0.15, -0.1) is 0 Å². The van der Waals surface area contributed by atoms with Crippen molar-refractivity contribution in [1.29, 1.82) is 0 Å². The van der Waals surface area contributed by atoms with Gasteiger partial charge in [0.15, 0.2) is 0 Å². The van der Waals surface area contributed by atoms with Gasteiger partial charge >= 0.3 is 0 Å². The van der Waals surface area contributed by atoms with Crippen LogP contribution in [0.4, 0.5) is 0 Å². The lowest BCUT2D eigenvalue weighted by molar-refractivity contribution is 0.482. The Morgan fingerprint density at radius 3 is 2.32 bits per heavy atom. The Labute approximate surface area is 136 Å². The number of ether oxygens (including phenoxy) is 1. The van der Waals surface area contributed by atoms with E-state index in [1.165, 1.54) is 0 Å². The number of benzene rings is 2. The quantitative estimate of drug-likeness (QED) is 0.905. The normalized spacial score (nSPS) is 14.2. The first-order chi connectivity index (χ1) is 10.6. The third kappa shape index (κ3) is 3.25. The van der Waals surface area contributed by atoms with Gasteiger partial charge in [0.05, 0.1) is 0 Å². The fourth-order valence-corrected chi connectivity index (χ4v) is 2.62. The second-order valence-electron chi connectivity index (χ2n) is 5.51. The van der Waals surface area contributed by atoms with Crippen LogP contribution in [-0.4, -0.2) is 18.9 Å². The van der Waals surface area contributed by atoms with Gasteiger partial charge < -0.3 is 10.1 Å². The van der Waals surface area contributed by atoms with E-state index in [-0.39, 0.29) is 0 Å². The molecule has 0 unspecified atom stereocenters. The maximum absolute atomic E-state index is 6.18. The molecule has 114 valence electrons. The van der Waals surface area contributed by atoms with Crippen LogP contribution >= 0.6 is 11.6 Å². The molecule has 0 bridgehead atoms. The summed E-state index contributed by atoms with van der Waals surface area (Å²) in [6.45, 7) is 5.85. The lowest BCUT2D eigenvalue weighted by Crippen LogP contribution is -2.30. The van der Waals surface area contributed by atoms with Crippen LogP contribution in [0.25, 0.3) is 0 Å². The molecule has 0 saturated heterocycles. The molecule has 2 aromatic rings. The van der Waals surface area contributed by atoms with E-state index < -0.39 is 0 Å². The van der Waals surface area contributed by atoms with E-state index in [4.69, 9.17) is 16.3 Å². The first-order valence-corrected chi connectivity index (χ1v) is 7.84. The lowest BCUT2D eigenvalue weighted by atomic mass is 10.1. The van der Waals surface area contributed by atoms with E-state index in [0.717, 1.165) is 58.6 Å². The molecule has 0 saturated carbocycles. The highest BCUT2D eigenvalue weighted by Crippen LogP contribution is 2.29. The minimum atomic E-state index is 0.795. The molecule has 0 fully saturated rings. The van der Waals surface area contributed by atoms with E-state index in [1.54, 1.807) is 0 Å². The van der Waals surface area contributed by atoms with Crippen LogP contribution in [0.15, 0.2) is 41.4 Å². The molecule has 0 radical (unpaired) electrons.